The van der Waals surface area contributed by atoms with Gasteiger partial charge in [0.1, 0.15) is 0 Å². The summed E-state index contributed by atoms with van der Waals surface area (Å²) in [5.41, 5.74) is 0. The molecule has 0 aromatic carbocycles. The van der Waals surface area contributed by atoms with Gasteiger partial charge in [0.2, 0.25) is 0 Å². The number of unbranched alkanes of at least 4 members (excludes halogenated alkanes) is 7. The van der Waals surface area contributed by atoms with Gasteiger partial charge >= 0.3 is 5.97 Å². The third kappa shape index (κ3) is 15.8. The van der Waals surface area contributed by atoms with E-state index in [2.05, 4.69) is 11.7 Å². The van der Waals surface area contributed by atoms with Crippen molar-refractivity contribution >= 4 is 5.97 Å². The predicted octanol–water partition coefficient (Wildman–Crippen LogP) is 4.14. The molecule has 0 aliphatic carbocycles. The van der Waals surface area contributed by atoms with Crippen LogP contribution < -0.4 is 0 Å². The molecule has 0 fully saturated rings. The van der Waals surface area contributed by atoms with E-state index in [1.165, 1.54) is 7.11 Å². The molecule has 0 amide bonds. The van der Waals surface area contributed by atoms with E-state index >= 15 is 0 Å². The van der Waals surface area contributed by atoms with Crippen LogP contribution in [0.2, 0.25) is 0 Å². The Balaban J connectivity index is 3.45. The molecule has 0 aromatic rings. The molecular weight excluding hydrogens is 292 g/mol. The van der Waals surface area contributed by atoms with E-state index in [0.29, 0.717) is 6.42 Å². The number of aliphatic hydroxyl groups excluding tert-OH is 2. The minimum absolute atomic E-state index is 0.128. The fourth-order valence-electron chi connectivity index (χ4n) is 2.48. The molecule has 0 radical (unpaired) electrons. The molecule has 0 saturated carbocycles. The van der Waals surface area contributed by atoms with E-state index in [-0.39, 0.29) is 5.97 Å². The molecule has 2 atom stereocenters. The topological polar surface area (TPSA) is 66.8 Å². The lowest BCUT2D eigenvalue weighted by atomic mass is 10.0. The van der Waals surface area contributed by atoms with Crippen LogP contribution in [0.4, 0.5) is 0 Å². The normalized spacial score (nSPS) is 14.1. The number of hydrogen-bond acceptors (Lipinski definition) is 4. The molecule has 0 aromatic heterocycles. The Morgan fingerprint density at radius 1 is 0.870 bits per heavy atom. The van der Waals surface area contributed by atoms with Gasteiger partial charge in [0.25, 0.3) is 0 Å². The van der Waals surface area contributed by atoms with Crippen molar-refractivity contribution in [2.75, 3.05) is 7.11 Å². The second-order valence-corrected chi connectivity index (χ2v) is 6.25. The number of carbonyl (C=O) groups excluding carboxylic acids is 1. The van der Waals surface area contributed by atoms with Crippen LogP contribution in [0, 0.1) is 0 Å². The van der Waals surface area contributed by atoms with Crippen molar-refractivity contribution in [2.24, 2.45) is 0 Å². The van der Waals surface area contributed by atoms with Crippen LogP contribution >= 0.6 is 0 Å². The summed E-state index contributed by atoms with van der Waals surface area (Å²) in [4.78, 5) is 10.9. The second kappa shape index (κ2) is 16.0. The summed E-state index contributed by atoms with van der Waals surface area (Å²) in [7, 11) is 1.42. The first-order chi connectivity index (χ1) is 11.1. The van der Waals surface area contributed by atoms with Gasteiger partial charge in [-0.1, -0.05) is 70.4 Å². The van der Waals surface area contributed by atoms with Crippen LogP contribution in [0.5, 0.6) is 0 Å². The van der Waals surface area contributed by atoms with E-state index in [4.69, 9.17) is 0 Å². The van der Waals surface area contributed by atoms with Crippen molar-refractivity contribution in [2.45, 2.75) is 96.2 Å². The average Bonchev–Trinajstić information content (AvgIpc) is 2.55. The smallest absolute Gasteiger partial charge is 0.305 e. The molecule has 4 nitrogen and oxygen atoms in total. The van der Waals surface area contributed by atoms with Crippen molar-refractivity contribution in [1.29, 1.82) is 0 Å². The molecule has 0 aliphatic heterocycles. The SMILES string of the molecule is CCCCC[C@H](O)/C=C/[C@@H](O)CCCCCCCCC(=O)OC. The first kappa shape index (κ1) is 22.1. The molecule has 136 valence electrons. The van der Waals surface area contributed by atoms with Crippen molar-refractivity contribution in [3.8, 4) is 0 Å². The third-order valence-corrected chi connectivity index (χ3v) is 4.02. The van der Waals surface area contributed by atoms with Gasteiger partial charge in [0.05, 0.1) is 19.3 Å². The maximum atomic E-state index is 10.9. The molecular formula is C19H36O4. The molecule has 23 heavy (non-hydrogen) atoms. The molecule has 0 bridgehead atoms. The monoisotopic (exact) mass is 328 g/mol. The number of ether oxygens (including phenoxy) is 1. The maximum absolute atomic E-state index is 10.9. The van der Waals surface area contributed by atoms with Gasteiger partial charge in [-0.05, 0) is 19.3 Å². The summed E-state index contributed by atoms with van der Waals surface area (Å²) in [5, 5.41) is 19.6. The first-order valence-electron chi connectivity index (χ1n) is 9.21. The number of aliphatic hydroxyl groups is 2. The highest BCUT2D eigenvalue weighted by molar-refractivity contribution is 5.68. The van der Waals surface area contributed by atoms with Gasteiger partial charge in [0.15, 0.2) is 0 Å². The van der Waals surface area contributed by atoms with Gasteiger partial charge in [-0.15, -0.1) is 0 Å². The molecule has 0 spiro atoms. The van der Waals surface area contributed by atoms with Gasteiger partial charge < -0.3 is 14.9 Å². The average molecular weight is 328 g/mol. The number of methoxy groups -OCH3 is 1. The molecule has 0 unspecified atom stereocenters. The van der Waals surface area contributed by atoms with Crippen LogP contribution in [0.3, 0.4) is 0 Å². The molecule has 0 saturated heterocycles. The van der Waals surface area contributed by atoms with Gasteiger partial charge in [-0.25, -0.2) is 0 Å². The summed E-state index contributed by atoms with van der Waals surface area (Å²) in [6.07, 6.45) is 14.3. The van der Waals surface area contributed by atoms with Crippen molar-refractivity contribution < 1.29 is 19.7 Å². The third-order valence-electron chi connectivity index (χ3n) is 4.02. The lowest BCUT2D eigenvalue weighted by molar-refractivity contribution is -0.140. The lowest BCUT2D eigenvalue weighted by Gasteiger charge is -2.08. The zero-order valence-electron chi connectivity index (χ0n) is 15.0. The van der Waals surface area contributed by atoms with Crippen LogP contribution in [0.25, 0.3) is 0 Å². The zero-order valence-corrected chi connectivity index (χ0v) is 15.0. The van der Waals surface area contributed by atoms with Gasteiger partial charge in [-0.3, -0.25) is 4.79 Å². The number of hydrogen-bond donors (Lipinski definition) is 2. The van der Waals surface area contributed by atoms with Crippen LogP contribution in [0.1, 0.15) is 84.0 Å². The van der Waals surface area contributed by atoms with E-state index in [1.54, 1.807) is 12.2 Å². The Morgan fingerprint density at radius 2 is 1.35 bits per heavy atom. The van der Waals surface area contributed by atoms with E-state index < -0.39 is 12.2 Å². The summed E-state index contributed by atoms with van der Waals surface area (Å²) < 4.78 is 4.60. The van der Waals surface area contributed by atoms with Crippen molar-refractivity contribution in [3.63, 3.8) is 0 Å². The summed E-state index contributed by atoms with van der Waals surface area (Å²) in [6, 6.07) is 0. The quantitative estimate of drug-likeness (QED) is 0.269. The summed E-state index contributed by atoms with van der Waals surface area (Å²) >= 11 is 0. The Morgan fingerprint density at radius 3 is 1.87 bits per heavy atom. The highest BCUT2D eigenvalue weighted by atomic mass is 16.5. The van der Waals surface area contributed by atoms with Crippen LogP contribution in [-0.4, -0.2) is 35.5 Å². The van der Waals surface area contributed by atoms with Crippen LogP contribution in [-0.2, 0) is 9.53 Å². The standard InChI is InChI=1S/C19H36O4/c1-3-4-9-12-17(20)15-16-18(21)13-10-7-5-6-8-11-14-19(22)23-2/h15-18,20-21H,3-14H2,1-2H3/b16-15+/t17-,18-/m0/s1. The van der Waals surface area contributed by atoms with E-state index in [9.17, 15) is 15.0 Å². The molecule has 0 rings (SSSR count). The summed E-state index contributed by atoms with van der Waals surface area (Å²) in [6.45, 7) is 2.14. The Labute approximate surface area is 141 Å². The predicted molar refractivity (Wildman–Crippen MR) is 94.2 cm³/mol. The largest absolute Gasteiger partial charge is 0.469 e. The number of carbonyl (C=O) groups is 1. The highest BCUT2D eigenvalue weighted by Gasteiger charge is 2.03. The van der Waals surface area contributed by atoms with Crippen molar-refractivity contribution in [1.82, 2.24) is 0 Å². The van der Waals surface area contributed by atoms with Gasteiger partial charge in [-0.2, -0.15) is 0 Å². The van der Waals surface area contributed by atoms with Crippen LogP contribution in [0.15, 0.2) is 12.2 Å². The summed E-state index contributed by atoms with van der Waals surface area (Å²) in [5.74, 6) is -0.128. The highest BCUT2D eigenvalue weighted by Crippen LogP contribution is 2.11. The zero-order chi connectivity index (χ0) is 17.3. The lowest BCUT2D eigenvalue weighted by Crippen LogP contribution is -2.06. The van der Waals surface area contributed by atoms with Crippen molar-refractivity contribution in [3.05, 3.63) is 12.2 Å². The second-order valence-electron chi connectivity index (χ2n) is 6.25. The Bertz CT molecular complexity index is 302. The molecule has 4 heteroatoms. The van der Waals surface area contributed by atoms with E-state index in [1.807, 2.05) is 0 Å². The fraction of sp³-hybridized carbons (Fsp3) is 0.842. The fourth-order valence-corrected chi connectivity index (χ4v) is 2.48. The molecule has 0 aliphatic rings. The minimum atomic E-state index is -0.449. The molecule has 2 N–H and O–H groups in total. The van der Waals surface area contributed by atoms with Gasteiger partial charge in [0, 0.05) is 6.42 Å². The number of esters is 1. The Hall–Kier alpha value is -0.870. The first-order valence-corrected chi connectivity index (χ1v) is 9.21. The minimum Gasteiger partial charge on any atom is -0.469 e. The Kier molecular flexibility index (Phi) is 15.4. The maximum Gasteiger partial charge on any atom is 0.305 e. The van der Waals surface area contributed by atoms with E-state index in [0.717, 1.165) is 70.6 Å². The molecule has 0 heterocycles. The number of rotatable bonds is 15.